The SMILES string of the molecule is CC(CN1c2ccccc2Sc2ccc(Cl)cc21)N(C)C. The molecule has 2 aromatic rings. The minimum absolute atomic E-state index is 0.452. The number of hydrogen-bond acceptors (Lipinski definition) is 3. The van der Waals surface area contributed by atoms with Gasteiger partial charge in [-0.1, -0.05) is 35.5 Å². The molecule has 1 aliphatic heterocycles. The first-order valence-electron chi connectivity index (χ1n) is 7.06. The van der Waals surface area contributed by atoms with Gasteiger partial charge >= 0.3 is 0 Å². The third-order valence-electron chi connectivity index (χ3n) is 3.92. The maximum Gasteiger partial charge on any atom is 0.0568 e. The van der Waals surface area contributed by atoms with Crippen molar-refractivity contribution in [2.75, 3.05) is 25.5 Å². The second-order valence-corrected chi connectivity index (χ2v) is 7.13. The van der Waals surface area contributed by atoms with E-state index in [0.29, 0.717) is 6.04 Å². The Morgan fingerprint density at radius 2 is 1.81 bits per heavy atom. The zero-order valence-corrected chi connectivity index (χ0v) is 14.1. The normalized spacial score (nSPS) is 14.8. The first kappa shape index (κ1) is 14.8. The van der Waals surface area contributed by atoms with E-state index in [1.54, 1.807) is 0 Å². The van der Waals surface area contributed by atoms with Crippen molar-refractivity contribution in [3.63, 3.8) is 0 Å². The molecule has 0 radical (unpaired) electrons. The molecule has 1 aliphatic rings. The van der Waals surface area contributed by atoms with E-state index in [2.05, 4.69) is 67.2 Å². The largest absolute Gasteiger partial charge is 0.338 e. The Morgan fingerprint density at radius 3 is 2.57 bits per heavy atom. The highest BCUT2D eigenvalue weighted by atomic mass is 35.5. The standard InChI is InChI=1S/C17H19ClN2S/c1-12(19(2)3)11-20-14-6-4-5-7-16(14)21-17-9-8-13(18)10-15(17)20/h4-10,12H,11H2,1-3H3. The van der Waals surface area contributed by atoms with Gasteiger partial charge in [-0.2, -0.15) is 0 Å². The van der Waals surface area contributed by atoms with Crippen molar-refractivity contribution >= 4 is 34.7 Å². The van der Waals surface area contributed by atoms with Gasteiger partial charge in [-0.25, -0.2) is 0 Å². The van der Waals surface area contributed by atoms with Crippen LogP contribution in [-0.4, -0.2) is 31.6 Å². The van der Waals surface area contributed by atoms with Gasteiger partial charge in [0.25, 0.3) is 0 Å². The second kappa shape index (κ2) is 5.91. The minimum atomic E-state index is 0.452. The number of para-hydroxylation sites is 1. The Balaban J connectivity index is 2.06. The molecule has 21 heavy (non-hydrogen) atoms. The molecule has 4 heteroatoms. The molecule has 0 spiro atoms. The molecule has 0 bridgehead atoms. The summed E-state index contributed by atoms with van der Waals surface area (Å²) in [6.45, 7) is 3.19. The summed E-state index contributed by atoms with van der Waals surface area (Å²) >= 11 is 8.04. The zero-order chi connectivity index (χ0) is 15.0. The van der Waals surface area contributed by atoms with Gasteiger partial charge < -0.3 is 9.80 Å². The highest BCUT2D eigenvalue weighted by Crippen LogP contribution is 2.48. The summed E-state index contributed by atoms with van der Waals surface area (Å²) in [5.74, 6) is 0. The fourth-order valence-electron chi connectivity index (χ4n) is 2.43. The van der Waals surface area contributed by atoms with Crippen LogP contribution in [0.5, 0.6) is 0 Å². The van der Waals surface area contributed by atoms with Gasteiger partial charge in [0.1, 0.15) is 0 Å². The highest BCUT2D eigenvalue weighted by Gasteiger charge is 2.25. The van der Waals surface area contributed by atoms with Crippen molar-refractivity contribution in [3.8, 4) is 0 Å². The van der Waals surface area contributed by atoms with Crippen molar-refractivity contribution in [3.05, 3.63) is 47.5 Å². The Bertz CT molecular complexity index is 657. The first-order chi connectivity index (χ1) is 10.1. The molecule has 0 N–H and O–H groups in total. The average Bonchev–Trinajstić information content (AvgIpc) is 2.47. The van der Waals surface area contributed by atoms with E-state index in [4.69, 9.17) is 11.6 Å². The number of benzene rings is 2. The number of anilines is 2. The number of likely N-dealkylation sites (N-methyl/N-ethyl adjacent to an activating group) is 1. The molecule has 0 aromatic heterocycles. The first-order valence-corrected chi connectivity index (χ1v) is 8.26. The fraction of sp³-hybridized carbons (Fsp3) is 0.294. The van der Waals surface area contributed by atoms with Crippen LogP contribution < -0.4 is 4.90 Å². The third-order valence-corrected chi connectivity index (χ3v) is 5.28. The Morgan fingerprint density at radius 1 is 1.10 bits per heavy atom. The summed E-state index contributed by atoms with van der Waals surface area (Å²) < 4.78 is 0. The molecule has 1 heterocycles. The number of nitrogens with zero attached hydrogens (tertiary/aromatic N) is 2. The van der Waals surface area contributed by atoms with Crippen LogP contribution in [0.15, 0.2) is 52.3 Å². The van der Waals surface area contributed by atoms with Gasteiger partial charge in [-0.15, -0.1) is 0 Å². The Labute approximate surface area is 135 Å². The van der Waals surface area contributed by atoms with Crippen LogP contribution in [-0.2, 0) is 0 Å². The number of halogens is 1. The van der Waals surface area contributed by atoms with E-state index < -0.39 is 0 Å². The topological polar surface area (TPSA) is 6.48 Å². The lowest BCUT2D eigenvalue weighted by molar-refractivity contribution is 0.319. The van der Waals surface area contributed by atoms with Crippen LogP contribution in [0.2, 0.25) is 5.02 Å². The van der Waals surface area contributed by atoms with E-state index in [9.17, 15) is 0 Å². The Hall–Kier alpha value is -1.16. The molecule has 0 saturated carbocycles. The monoisotopic (exact) mass is 318 g/mol. The molecular weight excluding hydrogens is 300 g/mol. The number of rotatable bonds is 3. The summed E-state index contributed by atoms with van der Waals surface area (Å²) in [6.07, 6.45) is 0. The van der Waals surface area contributed by atoms with Gasteiger partial charge in [0.2, 0.25) is 0 Å². The van der Waals surface area contributed by atoms with Crippen molar-refractivity contribution in [2.24, 2.45) is 0 Å². The van der Waals surface area contributed by atoms with Crippen molar-refractivity contribution in [2.45, 2.75) is 22.8 Å². The molecule has 1 unspecified atom stereocenters. The van der Waals surface area contributed by atoms with Gasteiger partial charge in [0, 0.05) is 27.4 Å². The lowest BCUT2D eigenvalue weighted by Crippen LogP contribution is -2.37. The van der Waals surface area contributed by atoms with Crippen molar-refractivity contribution in [1.29, 1.82) is 0 Å². The molecule has 0 saturated heterocycles. The summed E-state index contributed by atoms with van der Waals surface area (Å²) in [4.78, 5) is 7.20. The fourth-order valence-corrected chi connectivity index (χ4v) is 3.67. The molecule has 2 aromatic carbocycles. The number of hydrogen-bond donors (Lipinski definition) is 0. The van der Waals surface area contributed by atoms with Gasteiger partial charge in [0.05, 0.1) is 11.4 Å². The molecule has 2 nitrogen and oxygen atoms in total. The molecule has 0 aliphatic carbocycles. The minimum Gasteiger partial charge on any atom is -0.338 e. The summed E-state index contributed by atoms with van der Waals surface area (Å²) in [6, 6.07) is 15.2. The maximum atomic E-state index is 6.22. The molecule has 3 rings (SSSR count). The molecular formula is C17H19ClN2S. The van der Waals surface area contributed by atoms with Crippen LogP contribution in [0.4, 0.5) is 11.4 Å². The van der Waals surface area contributed by atoms with Crippen molar-refractivity contribution < 1.29 is 0 Å². The van der Waals surface area contributed by atoms with Gasteiger partial charge in [-0.05, 0) is 51.4 Å². The molecule has 0 fully saturated rings. The van der Waals surface area contributed by atoms with Crippen LogP contribution in [0.25, 0.3) is 0 Å². The van der Waals surface area contributed by atoms with E-state index in [-0.39, 0.29) is 0 Å². The highest BCUT2D eigenvalue weighted by molar-refractivity contribution is 7.99. The summed E-state index contributed by atoms with van der Waals surface area (Å²) in [5.41, 5.74) is 2.48. The number of fused-ring (bicyclic) bond motifs is 2. The second-order valence-electron chi connectivity index (χ2n) is 5.61. The van der Waals surface area contributed by atoms with E-state index in [1.807, 2.05) is 17.8 Å². The van der Waals surface area contributed by atoms with Crippen molar-refractivity contribution in [1.82, 2.24) is 4.90 Å². The van der Waals surface area contributed by atoms with E-state index in [1.165, 1.54) is 21.2 Å². The smallest absolute Gasteiger partial charge is 0.0568 e. The Kier molecular flexibility index (Phi) is 4.16. The quantitative estimate of drug-likeness (QED) is 0.795. The lowest BCUT2D eigenvalue weighted by Gasteiger charge is -2.36. The molecule has 1 atom stereocenters. The molecule has 0 amide bonds. The average molecular weight is 319 g/mol. The van der Waals surface area contributed by atoms with Gasteiger partial charge in [-0.3, -0.25) is 0 Å². The van der Waals surface area contributed by atoms with Crippen LogP contribution in [0.3, 0.4) is 0 Å². The summed E-state index contributed by atoms with van der Waals surface area (Å²) in [7, 11) is 4.24. The third kappa shape index (κ3) is 2.91. The lowest BCUT2D eigenvalue weighted by atomic mass is 10.2. The summed E-state index contributed by atoms with van der Waals surface area (Å²) in [5, 5.41) is 0.788. The maximum absolute atomic E-state index is 6.22. The predicted molar refractivity (Wildman–Crippen MR) is 92.2 cm³/mol. The van der Waals surface area contributed by atoms with E-state index in [0.717, 1.165) is 11.6 Å². The van der Waals surface area contributed by atoms with Crippen LogP contribution >= 0.6 is 23.4 Å². The van der Waals surface area contributed by atoms with Crippen LogP contribution in [0, 0.1) is 0 Å². The van der Waals surface area contributed by atoms with Gasteiger partial charge in [0.15, 0.2) is 0 Å². The van der Waals surface area contributed by atoms with E-state index >= 15 is 0 Å². The predicted octanol–water partition coefficient (Wildman–Crippen LogP) is 4.89. The van der Waals surface area contributed by atoms with Crippen LogP contribution in [0.1, 0.15) is 6.92 Å². The molecule has 110 valence electrons. The zero-order valence-electron chi connectivity index (χ0n) is 12.5.